The molecule has 1 rings (SSSR count). The summed E-state index contributed by atoms with van der Waals surface area (Å²) in [6, 6.07) is 0. The molecule has 0 amide bonds. The molecule has 0 spiro atoms. The van der Waals surface area contributed by atoms with Crippen LogP contribution >= 0.6 is 0 Å². The van der Waals surface area contributed by atoms with Gasteiger partial charge in [0.15, 0.2) is 0 Å². The van der Waals surface area contributed by atoms with Crippen LogP contribution in [0.4, 0.5) is 0 Å². The number of hydrogen-bond acceptors (Lipinski definition) is 5. The normalized spacial score (nSPS) is 42.2. The molecule has 0 aliphatic carbocycles. The molecule has 0 saturated carbocycles. The highest BCUT2D eigenvalue weighted by molar-refractivity contribution is 4.92. The van der Waals surface area contributed by atoms with E-state index in [0.29, 0.717) is 0 Å². The van der Waals surface area contributed by atoms with Crippen LogP contribution in [0.3, 0.4) is 0 Å². The number of methoxy groups -OCH3 is 1. The van der Waals surface area contributed by atoms with Gasteiger partial charge in [-0.15, -0.1) is 0 Å². The van der Waals surface area contributed by atoms with Gasteiger partial charge in [-0.2, -0.15) is 0 Å². The Morgan fingerprint density at radius 3 is 2.31 bits per heavy atom. The molecule has 5 atom stereocenters. The van der Waals surface area contributed by atoms with Crippen LogP contribution in [0.1, 0.15) is 6.92 Å². The summed E-state index contributed by atoms with van der Waals surface area (Å²) in [5, 5.41) is 27.7. The van der Waals surface area contributed by atoms with Gasteiger partial charge < -0.3 is 24.8 Å². The van der Waals surface area contributed by atoms with E-state index in [9.17, 15) is 10.2 Å². The second-order valence-electron chi connectivity index (χ2n) is 3.24. The predicted molar refractivity (Wildman–Crippen MR) is 44.2 cm³/mol. The van der Waals surface area contributed by atoms with Crippen molar-refractivity contribution in [2.24, 2.45) is 0 Å². The Balaban J connectivity index is 2.61. The number of aliphatic hydroxyl groups excluding tert-OH is 3. The largest absolute Gasteiger partial charge is 0.394 e. The molecular formula is C8H16O5. The lowest BCUT2D eigenvalue weighted by Gasteiger charge is -2.22. The van der Waals surface area contributed by atoms with Crippen molar-refractivity contribution in [1.82, 2.24) is 0 Å². The van der Waals surface area contributed by atoms with E-state index in [2.05, 4.69) is 0 Å². The smallest absolute Gasteiger partial charge is 0.115 e. The molecule has 0 aromatic carbocycles. The summed E-state index contributed by atoms with van der Waals surface area (Å²) < 4.78 is 10.1. The number of rotatable bonds is 3. The SMILES string of the molecule is CO[C@H](CO)[C@@H]1OC(C)[C@@H](O)C1O. The lowest BCUT2D eigenvalue weighted by atomic mass is 10.0. The van der Waals surface area contributed by atoms with E-state index in [1.807, 2.05) is 0 Å². The third-order valence-electron chi connectivity index (χ3n) is 2.39. The van der Waals surface area contributed by atoms with Crippen LogP contribution in [0, 0.1) is 0 Å². The van der Waals surface area contributed by atoms with Crippen molar-refractivity contribution in [3.8, 4) is 0 Å². The molecule has 1 heterocycles. The van der Waals surface area contributed by atoms with Gasteiger partial charge in [-0.25, -0.2) is 0 Å². The molecule has 1 aliphatic rings. The van der Waals surface area contributed by atoms with Gasteiger partial charge in [0.25, 0.3) is 0 Å². The monoisotopic (exact) mass is 192 g/mol. The summed E-state index contributed by atoms with van der Waals surface area (Å²) in [4.78, 5) is 0. The van der Waals surface area contributed by atoms with Gasteiger partial charge in [0, 0.05) is 7.11 Å². The van der Waals surface area contributed by atoms with Crippen molar-refractivity contribution >= 4 is 0 Å². The highest BCUT2D eigenvalue weighted by Crippen LogP contribution is 2.24. The third-order valence-corrected chi connectivity index (χ3v) is 2.39. The zero-order valence-electron chi connectivity index (χ0n) is 7.75. The van der Waals surface area contributed by atoms with E-state index in [4.69, 9.17) is 14.6 Å². The minimum absolute atomic E-state index is 0.238. The Kier molecular flexibility index (Phi) is 3.63. The van der Waals surface area contributed by atoms with Gasteiger partial charge in [0.2, 0.25) is 0 Å². The average Bonchev–Trinajstić information content (AvgIpc) is 2.36. The van der Waals surface area contributed by atoms with Gasteiger partial charge in [-0.1, -0.05) is 0 Å². The minimum atomic E-state index is -0.993. The van der Waals surface area contributed by atoms with Gasteiger partial charge in [-0.05, 0) is 6.92 Å². The van der Waals surface area contributed by atoms with Gasteiger partial charge in [0.1, 0.15) is 24.4 Å². The Morgan fingerprint density at radius 1 is 1.38 bits per heavy atom. The second-order valence-corrected chi connectivity index (χ2v) is 3.24. The molecular weight excluding hydrogens is 176 g/mol. The Bertz CT molecular complexity index is 157. The first-order valence-electron chi connectivity index (χ1n) is 4.27. The molecule has 1 saturated heterocycles. The predicted octanol–water partition coefficient (Wildman–Crippen LogP) is -1.50. The maximum absolute atomic E-state index is 9.49. The van der Waals surface area contributed by atoms with Crippen LogP contribution in [0.15, 0.2) is 0 Å². The number of hydrogen-bond donors (Lipinski definition) is 3. The molecule has 0 aromatic rings. The van der Waals surface area contributed by atoms with Crippen LogP contribution in [-0.4, -0.2) is 59.6 Å². The van der Waals surface area contributed by atoms with Crippen molar-refractivity contribution in [2.45, 2.75) is 37.4 Å². The van der Waals surface area contributed by atoms with E-state index in [1.54, 1.807) is 6.92 Å². The quantitative estimate of drug-likeness (QED) is 0.507. The van der Waals surface area contributed by atoms with E-state index in [1.165, 1.54) is 7.11 Å². The molecule has 1 aliphatic heterocycles. The Labute approximate surface area is 76.9 Å². The number of aliphatic hydroxyl groups is 3. The lowest BCUT2D eigenvalue weighted by Crippen LogP contribution is -2.41. The Hall–Kier alpha value is -0.200. The van der Waals surface area contributed by atoms with Crippen molar-refractivity contribution < 1.29 is 24.8 Å². The van der Waals surface area contributed by atoms with Crippen LogP contribution < -0.4 is 0 Å². The lowest BCUT2D eigenvalue weighted by molar-refractivity contribution is -0.0945. The molecule has 0 radical (unpaired) electrons. The first-order chi connectivity index (χ1) is 6.11. The van der Waals surface area contributed by atoms with E-state index >= 15 is 0 Å². The van der Waals surface area contributed by atoms with Crippen molar-refractivity contribution in [2.75, 3.05) is 13.7 Å². The molecule has 0 bridgehead atoms. The average molecular weight is 192 g/mol. The van der Waals surface area contributed by atoms with Crippen molar-refractivity contribution in [1.29, 1.82) is 0 Å². The fourth-order valence-electron chi connectivity index (χ4n) is 1.50. The van der Waals surface area contributed by atoms with Gasteiger partial charge in [-0.3, -0.25) is 0 Å². The molecule has 3 N–H and O–H groups in total. The van der Waals surface area contributed by atoms with Crippen molar-refractivity contribution in [3.05, 3.63) is 0 Å². The minimum Gasteiger partial charge on any atom is -0.394 e. The molecule has 2 unspecified atom stereocenters. The van der Waals surface area contributed by atoms with Gasteiger partial charge in [0.05, 0.1) is 12.7 Å². The van der Waals surface area contributed by atoms with Crippen LogP contribution in [0.5, 0.6) is 0 Å². The zero-order valence-corrected chi connectivity index (χ0v) is 7.75. The van der Waals surface area contributed by atoms with Crippen LogP contribution in [0.2, 0.25) is 0 Å². The molecule has 5 heteroatoms. The van der Waals surface area contributed by atoms with Gasteiger partial charge >= 0.3 is 0 Å². The summed E-state index contributed by atoms with van der Waals surface area (Å²) in [6.07, 6.45) is -3.57. The first kappa shape index (κ1) is 10.9. The fourth-order valence-corrected chi connectivity index (χ4v) is 1.50. The van der Waals surface area contributed by atoms with Crippen LogP contribution in [0.25, 0.3) is 0 Å². The molecule has 1 fully saturated rings. The summed E-state index contributed by atoms with van der Waals surface area (Å²) in [5.74, 6) is 0. The highest BCUT2D eigenvalue weighted by Gasteiger charge is 2.44. The van der Waals surface area contributed by atoms with E-state index in [0.717, 1.165) is 0 Å². The maximum Gasteiger partial charge on any atom is 0.115 e. The molecule has 13 heavy (non-hydrogen) atoms. The summed E-state index contributed by atoms with van der Waals surface area (Å²) in [7, 11) is 1.42. The standard InChI is InChI=1S/C8H16O5/c1-4-6(10)7(11)8(13-4)5(3-9)12-2/h4-11H,3H2,1-2H3/t4?,5-,6-,7?,8+/m1/s1. The van der Waals surface area contributed by atoms with Crippen LogP contribution in [-0.2, 0) is 9.47 Å². The third kappa shape index (κ3) is 2.00. The van der Waals surface area contributed by atoms with Crippen molar-refractivity contribution in [3.63, 3.8) is 0 Å². The first-order valence-corrected chi connectivity index (χ1v) is 4.27. The fraction of sp³-hybridized carbons (Fsp3) is 1.00. The maximum atomic E-state index is 9.49. The molecule has 5 nitrogen and oxygen atoms in total. The van der Waals surface area contributed by atoms with E-state index in [-0.39, 0.29) is 6.61 Å². The Morgan fingerprint density at radius 2 is 2.00 bits per heavy atom. The topological polar surface area (TPSA) is 79.2 Å². The molecule has 0 aromatic heterocycles. The summed E-state index contributed by atoms with van der Waals surface area (Å²) in [5.41, 5.74) is 0. The summed E-state index contributed by atoms with van der Waals surface area (Å²) in [6.45, 7) is 1.43. The molecule has 78 valence electrons. The summed E-state index contributed by atoms with van der Waals surface area (Å²) >= 11 is 0. The number of ether oxygens (including phenoxy) is 2. The second kappa shape index (κ2) is 4.34. The zero-order chi connectivity index (χ0) is 10.0. The highest BCUT2D eigenvalue weighted by atomic mass is 16.6. The van der Waals surface area contributed by atoms with E-state index < -0.39 is 30.5 Å².